The lowest BCUT2D eigenvalue weighted by Crippen LogP contribution is -1.98. The lowest BCUT2D eigenvalue weighted by molar-refractivity contribution is 0.385. The summed E-state index contributed by atoms with van der Waals surface area (Å²) in [4.78, 5) is 4.25. The number of hydrogen-bond donors (Lipinski definition) is 1. The summed E-state index contributed by atoms with van der Waals surface area (Å²) in [7, 11) is 0. The van der Waals surface area contributed by atoms with Crippen molar-refractivity contribution in [3.63, 3.8) is 0 Å². The van der Waals surface area contributed by atoms with E-state index in [1.807, 2.05) is 6.92 Å². The van der Waals surface area contributed by atoms with Gasteiger partial charge in [0.25, 0.3) is 0 Å². The first-order valence-corrected chi connectivity index (χ1v) is 8.79. The Kier molecular flexibility index (Phi) is 5.19. The Bertz CT molecular complexity index is 759. The maximum atomic E-state index is 12.8. The first-order chi connectivity index (χ1) is 11.2. The van der Waals surface area contributed by atoms with Crippen molar-refractivity contribution in [2.75, 3.05) is 5.32 Å². The molecule has 0 unspecified atom stereocenters. The van der Waals surface area contributed by atoms with Gasteiger partial charge in [-0.05, 0) is 17.7 Å². The van der Waals surface area contributed by atoms with Crippen LogP contribution >= 0.6 is 23.1 Å². The zero-order valence-corrected chi connectivity index (χ0v) is 14.0. The summed E-state index contributed by atoms with van der Waals surface area (Å²) in [5.74, 6) is 1.62. The molecule has 0 saturated heterocycles. The minimum Gasteiger partial charge on any atom is -0.356 e. The van der Waals surface area contributed by atoms with E-state index in [1.54, 1.807) is 12.1 Å². The predicted octanol–water partition coefficient (Wildman–Crippen LogP) is 3.53. The number of nitrogens with one attached hydrogen (secondary N) is 1. The number of halogens is 1. The fourth-order valence-electron chi connectivity index (χ4n) is 1.74. The number of hydrogen-bond acceptors (Lipinski definition) is 8. The second-order valence-electron chi connectivity index (χ2n) is 4.60. The van der Waals surface area contributed by atoms with Crippen molar-refractivity contribution < 1.29 is 8.91 Å². The molecule has 3 rings (SSSR count). The van der Waals surface area contributed by atoms with Crippen LogP contribution in [0.4, 0.5) is 9.52 Å². The monoisotopic (exact) mass is 351 g/mol. The molecule has 0 amide bonds. The predicted molar refractivity (Wildman–Crippen MR) is 86.9 cm³/mol. The van der Waals surface area contributed by atoms with E-state index in [0.717, 1.165) is 21.5 Å². The highest BCUT2D eigenvalue weighted by Crippen LogP contribution is 2.28. The molecular formula is C14H14FN5OS2. The highest BCUT2D eigenvalue weighted by molar-refractivity contribution is 8.00. The standard InChI is InChI=1S/C14H14FN5OS2/c1-2-11-17-12(21-20-11)8-22-14-19-18-13(23-14)16-7-9-3-5-10(15)6-4-9/h3-6H,2,7-8H2,1H3,(H,16,18). The van der Waals surface area contributed by atoms with Gasteiger partial charge < -0.3 is 9.84 Å². The van der Waals surface area contributed by atoms with Crippen LogP contribution in [-0.4, -0.2) is 20.3 Å². The molecule has 3 aromatic rings. The Morgan fingerprint density at radius 3 is 2.83 bits per heavy atom. The van der Waals surface area contributed by atoms with Gasteiger partial charge in [-0.25, -0.2) is 4.39 Å². The van der Waals surface area contributed by atoms with Gasteiger partial charge in [-0.15, -0.1) is 10.2 Å². The van der Waals surface area contributed by atoms with E-state index in [4.69, 9.17) is 4.52 Å². The van der Waals surface area contributed by atoms with E-state index in [0.29, 0.717) is 24.0 Å². The fraction of sp³-hybridized carbons (Fsp3) is 0.286. The Morgan fingerprint density at radius 1 is 1.26 bits per heavy atom. The highest BCUT2D eigenvalue weighted by atomic mass is 32.2. The average Bonchev–Trinajstić information content (AvgIpc) is 3.21. The summed E-state index contributed by atoms with van der Waals surface area (Å²) in [5.41, 5.74) is 0.980. The van der Waals surface area contributed by atoms with Crippen LogP contribution in [0, 0.1) is 5.82 Å². The first-order valence-electron chi connectivity index (χ1n) is 6.99. The molecule has 0 radical (unpaired) electrons. The van der Waals surface area contributed by atoms with Crippen molar-refractivity contribution in [3.05, 3.63) is 47.4 Å². The second-order valence-corrected chi connectivity index (χ2v) is 6.80. The maximum Gasteiger partial charge on any atom is 0.237 e. The van der Waals surface area contributed by atoms with Crippen molar-refractivity contribution in [3.8, 4) is 0 Å². The minimum atomic E-state index is -0.240. The molecule has 120 valence electrons. The maximum absolute atomic E-state index is 12.8. The molecule has 2 heterocycles. The Labute approximate surface area is 140 Å². The van der Waals surface area contributed by atoms with Crippen LogP contribution in [0.3, 0.4) is 0 Å². The van der Waals surface area contributed by atoms with Crippen molar-refractivity contribution >= 4 is 28.2 Å². The number of benzene rings is 1. The van der Waals surface area contributed by atoms with E-state index in [2.05, 4.69) is 25.7 Å². The minimum absolute atomic E-state index is 0.240. The molecule has 0 spiro atoms. The first kappa shape index (κ1) is 15.9. The number of rotatable bonds is 7. The Balaban J connectivity index is 1.50. The summed E-state index contributed by atoms with van der Waals surface area (Å²) >= 11 is 2.95. The van der Waals surface area contributed by atoms with Gasteiger partial charge in [-0.3, -0.25) is 0 Å². The Hall–Kier alpha value is -2.00. The van der Waals surface area contributed by atoms with Crippen LogP contribution in [0.15, 0.2) is 33.1 Å². The molecule has 2 aromatic heterocycles. The SMILES string of the molecule is CCc1noc(CSc2nnc(NCc3ccc(F)cc3)s2)n1. The van der Waals surface area contributed by atoms with Gasteiger partial charge in [-0.1, -0.05) is 47.3 Å². The summed E-state index contributed by atoms with van der Waals surface area (Å²) in [6.07, 6.45) is 0.754. The van der Waals surface area contributed by atoms with E-state index < -0.39 is 0 Å². The van der Waals surface area contributed by atoms with Gasteiger partial charge in [0, 0.05) is 13.0 Å². The van der Waals surface area contributed by atoms with Gasteiger partial charge in [0.05, 0.1) is 5.75 Å². The van der Waals surface area contributed by atoms with E-state index >= 15 is 0 Å². The average molecular weight is 351 g/mol. The Morgan fingerprint density at radius 2 is 2.09 bits per heavy atom. The van der Waals surface area contributed by atoms with E-state index in [9.17, 15) is 4.39 Å². The summed E-state index contributed by atoms with van der Waals surface area (Å²) in [5, 5.41) is 15.9. The molecule has 1 aromatic carbocycles. The molecule has 0 aliphatic carbocycles. The van der Waals surface area contributed by atoms with Crippen molar-refractivity contribution in [1.29, 1.82) is 0 Å². The molecule has 0 bridgehead atoms. The third-order valence-electron chi connectivity index (χ3n) is 2.91. The lowest BCUT2D eigenvalue weighted by atomic mass is 10.2. The third kappa shape index (κ3) is 4.49. The van der Waals surface area contributed by atoms with E-state index in [1.165, 1.54) is 35.2 Å². The zero-order valence-electron chi connectivity index (χ0n) is 12.3. The molecule has 6 nitrogen and oxygen atoms in total. The summed E-state index contributed by atoms with van der Waals surface area (Å²) in [6.45, 7) is 2.55. The van der Waals surface area contributed by atoms with Gasteiger partial charge in [0.1, 0.15) is 5.82 Å². The zero-order chi connectivity index (χ0) is 16.1. The number of anilines is 1. The van der Waals surface area contributed by atoms with Crippen LogP contribution in [0.5, 0.6) is 0 Å². The molecular weight excluding hydrogens is 337 g/mol. The van der Waals surface area contributed by atoms with Gasteiger partial charge in [0.2, 0.25) is 11.0 Å². The van der Waals surface area contributed by atoms with Crippen LogP contribution in [0.25, 0.3) is 0 Å². The molecule has 23 heavy (non-hydrogen) atoms. The number of aromatic nitrogens is 4. The number of aryl methyl sites for hydroxylation is 1. The quantitative estimate of drug-likeness (QED) is 0.653. The molecule has 9 heteroatoms. The molecule has 1 N–H and O–H groups in total. The van der Waals surface area contributed by atoms with Crippen LogP contribution in [0.2, 0.25) is 0 Å². The van der Waals surface area contributed by atoms with Crippen molar-refractivity contribution in [1.82, 2.24) is 20.3 Å². The number of nitrogens with zero attached hydrogens (tertiary/aromatic N) is 4. The molecule has 0 saturated carbocycles. The fourth-order valence-corrected chi connectivity index (χ4v) is 3.32. The molecule has 0 aliphatic rings. The normalized spacial score (nSPS) is 10.9. The second kappa shape index (κ2) is 7.51. The molecule has 0 aliphatic heterocycles. The molecule has 0 fully saturated rings. The van der Waals surface area contributed by atoms with Crippen LogP contribution in [-0.2, 0) is 18.7 Å². The summed E-state index contributed by atoms with van der Waals surface area (Å²) < 4.78 is 18.8. The van der Waals surface area contributed by atoms with E-state index in [-0.39, 0.29) is 5.82 Å². The van der Waals surface area contributed by atoms with Crippen LogP contribution in [0.1, 0.15) is 24.2 Å². The highest BCUT2D eigenvalue weighted by Gasteiger charge is 2.09. The topological polar surface area (TPSA) is 76.7 Å². The smallest absolute Gasteiger partial charge is 0.237 e. The third-order valence-corrected chi connectivity index (χ3v) is 4.91. The lowest BCUT2D eigenvalue weighted by Gasteiger charge is -2.01. The van der Waals surface area contributed by atoms with Crippen molar-refractivity contribution in [2.45, 2.75) is 30.0 Å². The van der Waals surface area contributed by atoms with Gasteiger partial charge in [-0.2, -0.15) is 4.98 Å². The largest absolute Gasteiger partial charge is 0.356 e. The van der Waals surface area contributed by atoms with Crippen LogP contribution < -0.4 is 5.32 Å². The number of thioether (sulfide) groups is 1. The van der Waals surface area contributed by atoms with Gasteiger partial charge in [0.15, 0.2) is 10.2 Å². The van der Waals surface area contributed by atoms with Crippen molar-refractivity contribution in [2.24, 2.45) is 0 Å². The summed E-state index contributed by atoms with van der Waals surface area (Å²) in [6, 6.07) is 6.35. The molecule has 0 atom stereocenters. The van der Waals surface area contributed by atoms with Gasteiger partial charge >= 0.3 is 0 Å².